The van der Waals surface area contributed by atoms with Crippen LogP contribution in [0.2, 0.25) is 0 Å². The summed E-state index contributed by atoms with van der Waals surface area (Å²) in [5, 5.41) is 0. The van der Waals surface area contributed by atoms with Crippen molar-refractivity contribution in [2.24, 2.45) is 0 Å². The smallest absolute Gasteiger partial charge is 0.202 e. The van der Waals surface area contributed by atoms with E-state index >= 15 is 0 Å². The van der Waals surface area contributed by atoms with Crippen LogP contribution in [0.1, 0.15) is 31.2 Å². The molecule has 0 saturated heterocycles. The average molecular weight is 248 g/mol. The van der Waals surface area contributed by atoms with Crippen LogP contribution in [0, 0.1) is 26.6 Å². The third-order valence-corrected chi connectivity index (χ3v) is 3.66. The highest BCUT2D eigenvalue weighted by molar-refractivity contribution is 7.14. The van der Waals surface area contributed by atoms with Gasteiger partial charge >= 0.3 is 0 Å². The number of ketones is 1. The van der Waals surface area contributed by atoms with Crippen LogP contribution >= 0.6 is 11.3 Å². The second-order valence-electron chi connectivity index (χ2n) is 4.16. The van der Waals surface area contributed by atoms with Gasteiger partial charge in [0.2, 0.25) is 5.78 Å². The quantitative estimate of drug-likeness (QED) is 0.733. The molecule has 0 aliphatic heterocycles. The van der Waals surface area contributed by atoms with Crippen LogP contribution in [0.4, 0.5) is 4.39 Å². The number of rotatable bonds is 2. The third-order valence-electron chi connectivity index (χ3n) is 2.66. The summed E-state index contributed by atoms with van der Waals surface area (Å²) in [6.07, 6.45) is 0. The van der Waals surface area contributed by atoms with Gasteiger partial charge in [-0.05, 0) is 56.2 Å². The van der Waals surface area contributed by atoms with Crippen LogP contribution in [0.3, 0.4) is 0 Å². The van der Waals surface area contributed by atoms with Gasteiger partial charge in [-0.15, -0.1) is 11.3 Å². The van der Waals surface area contributed by atoms with E-state index in [1.807, 2.05) is 19.1 Å². The standard InChI is InChI=1S/C14H13FOS/c1-8-6-11(7-9(2)13(8)15)14(16)12-5-4-10(3)17-12/h4-7H,1-3H3. The summed E-state index contributed by atoms with van der Waals surface area (Å²) in [5.74, 6) is -0.266. The number of benzene rings is 1. The summed E-state index contributed by atoms with van der Waals surface area (Å²) in [6, 6.07) is 6.96. The largest absolute Gasteiger partial charge is 0.288 e. The number of carbonyl (C=O) groups excluding carboxylic acids is 1. The minimum absolute atomic E-state index is 0.0331. The van der Waals surface area contributed by atoms with Crippen molar-refractivity contribution >= 4 is 17.1 Å². The van der Waals surface area contributed by atoms with E-state index in [0.29, 0.717) is 21.6 Å². The molecule has 0 amide bonds. The summed E-state index contributed by atoms with van der Waals surface area (Å²) in [7, 11) is 0. The molecule has 1 aromatic carbocycles. The number of aryl methyl sites for hydroxylation is 3. The van der Waals surface area contributed by atoms with Gasteiger partial charge in [0.15, 0.2) is 0 Å². The van der Waals surface area contributed by atoms with Gasteiger partial charge in [0.1, 0.15) is 5.82 Å². The second-order valence-corrected chi connectivity index (χ2v) is 5.45. The molecule has 17 heavy (non-hydrogen) atoms. The highest BCUT2D eigenvalue weighted by Crippen LogP contribution is 2.22. The van der Waals surface area contributed by atoms with E-state index in [4.69, 9.17) is 0 Å². The fourth-order valence-corrected chi connectivity index (χ4v) is 2.61. The first-order valence-electron chi connectivity index (χ1n) is 5.37. The van der Waals surface area contributed by atoms with Crippen molar-refractivity contribution in [1.29, 1.82) is 0 Å². The molecule has 0 N–H and O–H groups in total. The van der Waals surface area contributed by atoms with Crippen LogP contribution in [0.15, 0.2) is 24.3 Å². The van der Waals surface area contributed by atoms with Crippen molar-refractivity contribution in [2.75, 3.05) is 0 Å². The van der Waals surface area contributed by atoms with Gasteiger partial charge in [0, 0.05) is 10.4 Å². The number of hydrogen-bond donors (Lipinski definition) is 0. The minimum Gasteiger partial charge on any atom is -0.288 e. The first-order valence-corrected chi connectivity index (χ1v) is 6.18. The van der Waals surface area contributed by atoms with E-state index in [9.17, 15) is 9.18 Å². The van der Waals surface area contributed by atoms with Crippen molar-refractivity contribution in [3.05, 3.63) is 56.5 Å². The number of thiophene rings is 1. The van der Waals surface area contributed by atoms with Gasteiger partial charge in [-0.25, -0.2) is 4.39 Å². The predicted molar refractivity (Wildman–Crippen MR) is 68.4 cm³/mol. The van der Waals surface area contributed by atoms with Crippen molar-refractivity contribution in [2.45, 2.75) is 20.8 Å². The van der Waals surface area contributed by atoms with Gasteiger partial charge in [-0.1, -0.05) is 0 Å². The Kier molecular flexibility index (Phi) is 3.11. The van der Waals surface area contributed by atoms with Crippen molar-refractivity contribution in [3.63, 3.8) is 0 Å². The van der Waals surface area contributed by atoms with E-state index in [-0.39, 0.29) is 11.6 Å². The summed E-state index contributed by atoms with van der Waals surface area (Å²) >= 11 is 1.46. The van der Waals surface area contributed by atoms with E-state index < -0.39 is 0 Å². The SMILES string of the molecule is Cc1ccc(C(=O)c2cc(C)c(F)c(C)c2)s1. The third kappa shape index (κ3) is 2.29. The Balaban J connectivity index is 2.44. The summed E-state index contributed by atoms with van der Waals surface area (Å²) in [4.78, 5) is 14.0. The van der Waals surface area contributed by atoms with Gasteiger partial charge < -0.3 is 0 Å². The zero-order chi connectivity index (χ0) is 12.6. The first kappa shape index (κ1) is 12.0. The molecule has 1 aromatic heterocycles. The normalized spacial score (nSPS) is 10.6. The van der Waals surface area contributed by atoms with Gasteiger partial charge in [0.05, 0.1) is 4.88 Å². The molecule has 3 heteroatoms. The Morgan fingerprint density at radius 2 is 1.71 bits per heavy atom. The molecule has 0 unspecified atom stereocenters. The topological polar surface area (TPSA) is 17.1 Å². The van der Waals surface area contributed by atoms with E-state index in [2.05, 4.69) is 0 Å². The summed E-state index contributed by atoms with van der Waals surface area (Å²) < 4.78 is 13.5. The number of halogens is 1. The zero-order valence-corrected chi connectivity index (χ0v) is 10.8. The van der Waals surface area contributed by atoms with Crippen LogP contribution in [0.5, 0.6) is 0 Å². The first-order chi connectivity index (χ1) is 7.99. The lowest BCUT2D eigenvalue weighted by atomic mass is 10.0. The minimum atomic E-state index is -0.232. The Bertz CT molecular complexity index is 561. The van der Waals surface area contributed by atoms with Crippen molar-refractivity contribution in [3.8, 4) is 0 Å². The molecular weight excluding hydrogens is 235 g/mol. The molecule has 0 bridgehead atoms. The van der Waals surface area contributed by atoms with E-state index in [1.54, 1.807) is 26.0 Å². The predicted octanol–water partition coefficient (Wildman–Crippen LogP) is 4.04. The molecule has 1 nitrogen and oxygen atoms in total. The lowest BCUT2D eigenvalue weighted by Gasteiger charge is -2.04. The van der Waals surface area contributed by atoms with Crippen LogP contribution in [-0.2, 0) is 0 Å². The van der Waals surface area contributed by atoms with Crippen LogP contribution in [0.25, 0.3) is 0 Å². The molecule has 0 saturated carbocycles. The lowest BCUT2D eigenvalue weighted by Crippen LogP contribution is -2.01. The summed E-state index contributed by atoms with van der Waals surface area (Å²) in [6.45, 7) is 5.32. The Labute approximate surface area is 104 Å². The van der Waals surface area contributed by atoms with Crippen molar-refractivity contribution in [1.82, 2.24) is 0 Å². The molecular formula is C14H13FOS. The highest BCUT2D eigenvalue weighted by atomic mass is 32.1. The fraction of sp³-hybridized carbons (Fsp3) is 0.214. The number of hydrogen-bond acceptors (Lipinski definition) is 2. The van der Waals surface area contributed by atoms with E-state index in [0.717, 1.165) is 4.88 Å². The average Bonchev–Trinajstić information content (AvgIpc) is 2.71. The van der Waals surface area contributed by atoms with Crippen molar-refractivity contribution < 1.29 is 9.18 Å². The number of carbonyl (C=O) groups is 1. The monoisotopic (exact) mass is 248 g/mol. The molecule has 0 radical (unpaired) electrons. The fourth-order valence-electron chi connectivity index (χ4n) is 1.78. The van der Waals surface area contributed by atoms with Crippen LogP contribution in [-0.4, -0.2) is 5.78 Å². The molecule has 0 spiro atoms. The van der Waals surface area contributed by atoms with Gasteiger partial charge in [-0.3, -0.25) is 4.79 Å². The highest BCUT2D eigenvalue weighted by Gasteiger charge is 2.14. The maximum Gasteiger partial charge on any atom is 0.202 e. The zero-order valence-electron chi connectivity index (χ0n) is 10.0. The Morgan fingerprint density at radius 3 is 2.18 bits per heavy atom. The molecule has 0 aliphatic carbocycles. The molecule has 1 heterocycles. The lowest BCUT2D eigenvalue weighted by molar-refractivity contribution is 0.104. The Hall–Kier alpha value is -1.48. The van der Waals surface area contributed by atoms with Crippen LogP contribution < -0.4 is 0 Å². The Morgan fingerprint density at radius 1 is 1.12 bits per heavy atom. The maximum atomic E-state index is 13.5. The van der Waals surface area contributed by atoms with E-state index in [1.165, 1.54) is 11.3 Å². The molecule has 2 aromatic rings. The van der Waals surface area contributed by atoms with Gasteiger partial charge in [0.25, 0.3) is 0 Å². The molecule has 2 rings (SSSR count). The molecule has 0 fully saturated rings. The summed E-state index contributed by atoms with van der Waals surface area (Å²) in [5.41, 5.74) is 1.59. The molecule has 88 valence electrons. The maximum absolute atomic E-state index is 13.5. The second kappa shape index (κ2) is 4.41. The molecule has 0 aliphatic rings. The molecule has 0 atom stereocenters. The van der Waals surface area contributed by atoms with Gasteiger partial charge in [-0.2, -0.15) is 0 Å².